The summed E-state index contributed by atoms with van der Waals surface area (Å²) in [4.78, 5) is 35.5. The Morgan fingerprint density at radius 3 is 2.73 bits per heavy atom. The molecule has 2 amide bonds. The second-order valence-corrected chi connectivity index (χ2v) is 8.69. The molecule has 10 heteroatoms. The number of fused-ring (bicyclic) bond motifs is 1. The van der Waals surface area contributed by atoms with Crippen LogP contribution in [0.3, 0.4) is 0 Å². The molecule has 4 rings (SSSR count). The average molecular weight is 451 g/mol. The van der Waals surface area contributed by atoms with Crippen LogP contribution in [0.1, 0.15) is 46.1 Å². The Morgan fingerprint density at radius 1 is 1.24 bits per heavy atom. The van der Waals surface area contributed by atoms with Gasteiger partial charge in [-0.15, -0.1) is 0 Å². The van der Waals surface area contributed by atoms with Crippen LogP contribution < -0.4 is 16.4 Å². The molecule has 4 N–H and O–H groups in total. The summed E-state index contributed by atoms with van der Waals surface area (Å²) < 4.78 is 1.79. The first-order chi connectivity index (χ1) is 15.8. The SMILES string of the molecule is Cc1c(CC(=O)N(C)C)ccc(NC(=O)c2nn([C@@H]3CCCNC3)c3ncnc(N)c23)c1C. The van der Waals surface area contributed by atoms with Crippen molar-refractivity contribution in [2.45, 2.75) is 39.2 Å². The highest BCUT2D eigenvalue weighted by Gasteiger charge is 2.26. The normalized spacial score (nSPS) is 16.1. The number of carbonyl (C=O) groups excluding carboxylic acids is 2. The maximum atomic E-state index is 13.3. The van der Waals surface area contributed by atoms with Crippen molar-refractivity contribution in [2.24, 2.45) is 0 Å². The molecule has 3 aromatic rings. The van der Waals surface area contributed by atoms with Crippen LogP contribution >= 0.6 is 0 Å². The van der Waals surface area contributed by atoms with E-state index in [1.807, 2.05) is 26.0 Å². The van der Waals surface area contributed by atoms with E-state index >= 15 is 0 Å². The van der Waals surface area contributed by atoms with E-state index < -0.39 is 0 Å². The molecule has 0 aliphatic carbocycles. The van der Waals surface area contributed by atoms with Crippen molar-refractivity contribution in [3.05, 3.63) is 40.8 Å². The number of likely N-dealkylation sites (N-methyl/N-ethyl adjacent to an activating group) is 1. The largest absolute Gasteiger partial charge is 0.383 e. The molecule has 1 aromatic carbocycles. The Labute approximate surface area is 192 Å². The van der Waals surface area contributed by atoms with Gasteiger partial charge in [0.2, 0.25) is 5.91 Å². The van der Waals surface area contributed by atoms with Crippen molar-refractivity contribution in [1.29, 1.82) is 0 Å². The van der Waals surface area contributed by atoms with Crippen molar-refractivity contribution in [1.82, 2.24) is 30.0 Å². The van der Waals surface area contributed by atoms with Crippen LogP contribution in [-0.4, -0.2) is 63.6 Å². The number of aromatic nitrogens is 4. The number of nitrogens with zero attached hydrogens (tertiary/aromatic N) is 5. The lowest BCUT2D eigenvalue weighted by Gasteiger charge is -2.23. The second-order valence-electron chi connectivity index (χ2n) is 8.69. The Balaban J connectivity index is 1.66. The van der Waals surface area contributed by atoms with Crippen molar-refractivity contribution in [2.75, 3.05) is 38.2 Å². The van der Waals surface area contributed by atoms with Crippen LogP contribution in [0.4, 0.5) is 11.5 Å². The second kappa shape index (κ2) is 9.14. The molecule has 1 aliphatic rings. The topological polar surface area (TPSA) is 131 Å². The van der Waals surface area contributed by atoms with E-state index in [9.17, 15) is 9.59 Å². The molecule has 0 spiro atoms. The maximum absolute atomic E-state index is 13.3. The highest BCUT2D eigenvalue weighted by Crippen LogP contribution is 2.28. The number of nitrogen functional groups attached to an aromatic ring is 1. The Bertz CT molecular complexity index is 1210. The highest BCUT2D eigenvalue weighted by atomic mass is 16.2. The van der Waals surface area contributed by atoms with Crippen molar-refractivity contribution < 1.29 is 9.59 Å². The van der Waals surface area contributed by atoms with Crippen molar-refractivity contribution in [3.8, 4) is 0 Å². The van der Waals surface area contributed by atoms with Gasteiger partial charge in [0, 0.05) is 26.3 Å². The van der Waals surface area contributed by atoms with Crippen molar-refractivity contribution in [3.63, 3.8) is 0 Å². The number of hydrogen-bond acceptors (Lipinski definition) is 7. The predicted molar refractivity (Wildman–Crippen MR) is 127 cm³/mol. The van der Waals surface area contributed by atoms with E-state index in [0.717, 1.165) is 42.6 Å². The zero-order chi connectivity index (χ0) is 23.7. The summed E-state index contributed by atoms with van der Waals surface area (Å²) in [5.74, 6) is -0.117. The number of piperidine rings is 1. The van der Waals surface area contributed by atoms with E-state index in [1.54, 1.807) is 23.7 Å². The van der Waals surface area contributed by atoms with E-state index in [0.29, 0.717) is 23.1 Å². The molecule has 1 saturated heterocycles. The monoisotopic (exact) mass is 450 g/mol. The number of hydrogen-bond donors (Lipinski definition) is 3. The molecule has 0 radical (unpaired) electrons. The van der Waals surface area contributed by atoms with Gasteiger partial charge in [0.05, 0.1) is 17.8 Å². The molecule has 10 nitrogen and oxygen atoms in total. The Morgan fingerprint density at radius 2 is 2.03 bits per heavy atom. The minimum Gasteiger partial charge on any atom is -0.383 e. The molecule has 33 heavy (non-hydrogen) atoms. The number of nitrogens with two attached hydrogens (primary N) is 1. The van der Waals surface area contributed by atoms with Crippen LogP contribution in [-0.2, 0) is 11.2 Å². The van der Waals surface area contributed by atoms with Gasteiger partial charge < -0.3 is 21.3 Å². The maximum Gasteiger partial charge on any atom is 0.277 e. The summed E-state index contributed by atoms with van der Waals surface area (Å²) in [5, 5.41) is 11.4. The summed E-state index contributed by atoms with van der Waals surface area (Å²) >= 11 is 0. The lowest BCUT2D eigenvalue weighted by atomic mass is 9.98. The van der Waals surface area contributed by atoms with Crippen LogP contribution in [0.15, 0.2) is 18.5 Å². The summed E-state index contributed by atoms with van der Waals surface area (Å²) in [6.45, 7) is 5.61. The Hall–Kier alpha value is -3.53. The van der Waals surface area contributed by atoms with Gasteiger partial charge in [0.1, 0.15) is 12.1 Å². The third-order valence-electron chi connectivity index (χ3n) is 6.34. The Kier molecular flexibility index (Phi) is 6.28. The molecule has 0 saturated carbocycles. The lowest BCUT2D eigenvalue weighted by molar-refractivity contribution is -0.127. The van der Waals surface area contributed by atoms with Crippen LogP contribution in [0.5, 0.6) is 0 Å². The first kappa shape index (κ1) is 22.7. The van der Waals surface area contributed by atoms with E-state index in [-0.39, 0.29) is 29.4 Å². The summed E-state index contributed by atoms with van der Waals surface area (Å²) in [5.41, 5.74) is 10.4. The molecule has 1 aliphatic heterocycles. The van der Waals surface area contributed by atoms with E-state index in [4.69, 9.17) is 5.73 Å². The number of carbonyl (C=O) groups is 2. The summed E-state index contributed by atoms with van der Waals surface area (Å²) in [6, 6.07) is 3.79. The predicted octanol–water partition coefficient (Wildman–Crippen LogP) is 1.83. The fraction of sp³-hybridized carbons (Fsp3) is 0.435. The number of amides is 2. The fourth-order valence-electron chi connectivity index (χ4n) is 4.16. The molecule has 3 heterocycles. The molecular formula is C23H30N8O2. The fourth-order valence-corrected chi connectivity index (χ4v) is 4.16. The van der Waals surface area contributed by atoms with Crippen LogP contribution in [0, 0.1) is 13.8 Å². The molecular weight excluding hydrogens is 420 g/mol. The minimum absolute atomic E-state index is 0.0268. The first-order valence-electron chi connectivity index (χ1n) is 11.1. The first-order valence-corrected chi connectivity index (χ1v) is 11.1. The summed E-state index contributed by atoms with van der Waals surface area (Å²) in [7, 11) is 3.47. The number of anilines is 2. The molecule has 1 atom stereocenters. The van der Waals surface area contributed by atoms with Gasteiger partial charge in [0.15, 0.2) is 11.3 Å². The highest BCUT2D eigenvalue weighted by molar-refractivity contribution is 6.13. The number of nitrogens with one attached hydrogen (secondary N) is 2. The van der Waals surface area contributed by atoms with E-state index in [2.05, 4.69) is 25.7 Å². The van der Waals surface area contributed by atoms with Crippen LogP contribution in [0.25, 0.3) is 11.0 Å². The molecule has 2 aromatic heterocycles. The van der Waals surface area contributed by atoms with Crippen molar-refractivity contribution >= 4 is 34.4 Å². The van der Waals surface area contributed by atoms with Gasteiger partial charge in [-0.2, -0.15) is 5.10 Å². The lowest BCUT2D eigenvalue weighted by Crippen LogP contribution is -2.32. The van der Waals surface area contributed by atoms with Gasteiger partial charge in [-0.05, 0) is 56.0 Å². The van der Waals surface area contributed by atoms with Gasteiger partial charge in [-0.1, -0.05) is 6.07 Å². The average Bonchev–Trinajstić information content (AvgIpc) is 3.20. The molecule has 1 fully saturated rings. The van der Waals surface area contributed by atoms with Crippen LogP contribution in [0.2, 0.25) is 0 Å². The van der Waals surface area contributed by atoms with Gasteiger partial charge >= 0.3 is 0 Å². The molecule has 174 valence electrons. The summed E-state index contributed by atoms with van der Waals surface area (Å²) in [6.07, 6.45) is 3.68. The number of benzene rings is 1. The van der Waals surface area contributed by atoms with Gasteiger partial charge in [-0.25, -0.2) is 14.6 Å². The van der Waals surface area contributed by atoms with Gasteiger partial charge in [0.25, 0.3) is 5.91 Å². The zero-order valence-corrected chi connectivity index (χ0v) is 19.5. The zero-order valence-electron chi connectivity index (χ0n) is 19.5. The minimum atomic E-state index is -0.372. The third kappa shape index (κ3) is 4.38. The quantitative estimate of drug-likeness (QED) is 0.540. The smallest absolute Gasteiger partial charge is 0.277 e. The van der Waals surface area contributed by atoms with E-state index in [1.165, 1.54) is 6.33 Å². The standard InChI is InChI=1S/C23H30N8O2/c1-13-14(2)17(8-7-15(13)10-18(32)30(3)4)28-23(33)20-19-21(24)26-12-27-22(19)31(29-20)16-6-5-9-25-11-16/h7-8,12,16,25H,5-6,9-11H2,1-4H3,(H,28,33)(H2,24,26,27)/t16-/m1/s1. The molecule has 0 bridgehead atoms. The number of rotatable bonds is 5. The molecule has 0 unspecified atom stereocenters. The van der Waals surface area contributed by atoms with Gasteiger partial charge in [-0.3, -0.25) is 9.59 Å². The third-order valence-corrected chi connectivity index (χ3v) is 6.34.